The Morgan fingerprint density at radius 1 is 1.31 bits per heavy atom. The topological polar surface area (TPSA) is 21.3 Å². The summed E-state index contributed by atoms with van der Waals surface area (Å²) in [5.74, 6) is 0. The average molecular weight is 187 g/mol. The van der Waals surface area contributed by atoms with Crippen molar-refractivity contribution in [2.45, 2.75) is 46.6 Å². The van der Waals surface area contributed by atoms with Crippen molar-refractivity contribution in [1.82, 2.24) is 5.32 Å². The van der Waals surface area contributed by atoms with E-state index < -0.39 is 0 Å². The van der Waals surface area contributed by atoms with E-state index in [1.165, 1.54) is 0 Å². The molecule has 0 saturated carbocycles. The quantitative estimate of drug-likeness (QED) is 0.645. The molecule has 80 valence electrons. The van der Waals surface area contributed by atoms with Crippen LogP contribution in [-0.2, 0) is 4.74 Å². The molecule has 0 fully saturated rings. The molecule has 13 heavy (non-hydrogen) atoms. The van der Waals surface area contributed by atoms with Gasteiger partial charge in [-0.15, -0.1) is 0 Å². The predicted octanol–water partition coefficient (Wildman–Crippen LogP) is 2.44. The molecule has 0 aliphatic heterocycles. The van der Waals surface area contributed by atoms with Crippen LogP contribution in [0.2, 0.25) is 0 Å². The van der Waals surface area contributed by atoms with E-state index in [1.54, 1.807) is 0 Å². The molecule has 2 heteroatoms. The molecule has 0 rings (SSSR count). The predicted molar refractivity (Wildman–Crippen MR) is 58.0 cm³/mol. The highest BCUT2D eigenvalue weighted by atomic mass is 16.5. The number of rotatable bonds is 6. The smallest absolute Gasteiger partial charge is 0.0552 e. The maximum absolute atomic E-state index is 5.68. The lowest BCUT2D eigenvalue weighted by atomic mass is 9.90. The third-order valence-electron chi connectivity index (χ3n) is 1.87. The molecular formula is C11H25NO. The van der Waals surface area contributed by atoms with Crippen molar-refractivity contribution in [3.63, 3.8) is 0 Å². The highest BCUT2D eigenvalue weighted by Gasteiger charge is 2.14. The third kappa shape index (κ3) is 9.84. The first-order chi connectivity index (χ1) is 5.95. The summed E-state index contributed by atoms with van der Waals surface area (Å²) in [7, 11) is 1.97. The van der Waals surface area contributed by atoms with E-state index in [1.807, 2.05) is 7.05 Å². The summed E-state index contributed by atoms with van der Waals surface area (Å²) in [5, 5.41) is 3.11. The normalized spacial score (nSPS) is 14.5. The fourth-order valence-electron chi connectivity index (χ4n) is 1.45. The Morgan fingerprint density at radius 3 is 2.38 bits per heavy atom. The lowest BCUT2D eigenvalue weighted by molar-refractivity contribution is 0.0372. The Kier molecular flexibility index (Phi) is 6.35. The summed E-state index contributed by atoms with van der Waals surface area (Å²) < 4.78 is 5.68. The zero-order valence-electron chi connectivity index (χ0n) is 9.81. The van der Waals surface area contributed by atoms with Gasteiger partial charge in [0.05, 0.1) is 6.10 Å². The van der Waals surface area contributed by atoms with E-state index in [9.17, 15) is 0 Å². The molecule has 0 aliphatic carbocycles. The Labute approximate surface area is 83.1 Å². The largest absolute Gasteiger partial charge is 0.378 e. The van der Waals surface area contributed by atoms with Gasteiger partial charge in [-0.1, -0.05) is 20.8 Å². The van der Waals surface area contributed by atoms with Crippen molar-refractivity contribution in [2.75, 3.05) is 20.2 Å². The van der Waals surface area contributed by atoms with Gasteiger partial charge in [0.25, 0.3) is 0 Å². The van der Waals surface area contributed by atoms with Gasteiger partial charge in [-0.05, 0) is 38.8 Å². The Morgan fingerprint density at radius 2 is 1.92 bits per heavy atom. The lowest BCUT2D eigenvalue weighted by Crippen LogP contribution is -2.19. The number of ether oxygens (including phenoxy) is 1. The first kappa shape index (κ1) is 12.9. The van der Waals surface area contributed by atoms with E-state index >= 15 is 0 Å². The van der Waals surface area contributed by atoms with Crippen LogP contribution in [0.5, 0.6) is 0 Å². The first-order valence-electron chi connectivity index (χ1n) is 5.22. The van der Waals surface area contributed by atoms with Crippen LogP contribution in [0.15, 0.2) is 0 Å². The van der Waals surface area contributed by atoms with Crippen LogP contribution in [0.25, 0.3) is 0 Å². The molecule has 0 amide bonds. The monoisotopic (exact) mass is 187 g/mol. The van der Waals surface area contributed by atoms with Gasteiger partial charge in [-0.2, -0.15) is 0 Å². The van der Waals surface area contributed by atoms with Gasteiger partial charge in [0.1, 0.15) is 0 Å². The number of nitrogens with one attached hydrogen (secondary N) is 1. The van der Waals surface area contributed by atoms with Crippen molar-refractivity contribution in [3.8, 4) is 0 Å². The van der Waals surface area contributed by atoms with Crippen molar-refractivity contribution in [3.05, 3.63) is 0 Å². The molecule has 0 spiro atoms. The average Bonchev–Trinajstić information content (AvgIpc) is 1.94. The van der Waals surface area contributed by atoms with Crippen molar-refractivity contribution in [2.24, 2.45) is 5.41 Å². The van der Waals surface area contributed by atoms with Crippen LogP contribution in [-0.4, -0.2) is 26.3 Å². The van der Waals surface area contributed by atoms with Gasteiger partial charge in [0.15, 0.2) is 0 Å². The summed E-state index contributed by atoms with van der Waals surface area (Å²) in [6, 6.07) is 0. The summed E-state index contributed by atoms with van der Waals surface area (Å²) in [6.07, 6.45) is 2.62. The van der Waals surface area contributed by atoms with Gasteiger partial charge < -0.3 is 10.1 Å². The van der Waals surface area contributed by atoms with E-state index in [0.29, 0.717) is 11.5 Å². The van der Waals surface area contributed by atoms with E-state index in [2.05, 4.69) is 33.0 Å². The molecule has 2 nitrogen and oxygen atoms in total. The van der Waals surface area contributed by atoms with Crippen LogP contribution < -0.4 is 5.32 Å². The zero-order chi connectivity index (χ0) is 10.3. The summed E-state index contributed by atoms with van der Waals surface area (Å²) >= 11 is 0. The molecule has 0 aromatic carbocycles. The number of hydrogen-bond donors (Lipinski definition) is 1. The molecule has 0 unspecified atom stereocenters. The van der Waals surface area contributed by atoms with Gasteiger partial charge in [0, 0.05) is 6.61 Å². The second-order valence-electron chi connectivity index (χ2n) is 4.90. The van der Waals surface area contributed by atoms with E-state index in [0.717, 1.165) is 26.0 Å². The lowest BCUT2D eigenvalue weighted by Gasteiger charge is -2.23. The molecule has 1 N–H and O–H groups in total. The first-order valence-corrected chi connectivity index (χ1v) is 5.22. The van der Waals surface area contributed by atoms with Gasteiger partial charge >= 0.3 is 0 Å². The third-order valence-corrected chi connectivity index (χ3v) is 1.87. The molecule has 0 aromatic heterocycles. The minimum Gasteiger partial charge on any atom is -0.378 e. The molecule has 1 atom stereocenters. The van der Waals surface area contributed by atoms with Crippen LogP contribution in [0.4, 0.5) is 0 Å². The molecule has 0 bridgehead atoms. The van der Waals surface area contributed by atoms with Gasteiger partial charge in [-0.25, -0.2) is 0 Å². The van der Waals surface area contributed by atoms with E-state index in [4.69, 9.17) is 4.74 Å². The van der Waals surface area contributed by atoms with Crippen molar-refractivity contribution < 1.29 is 4.74 Å². The SMILES string of the molecule is CNCCCO[C@H](C)CC(C)(C)C. The highest BCUT2D eigenvalue weighted by molar-refractivity contribution is 4.65. The standard InChI is InChI=1S/C11H25NO/c1-10(9-11(2,3)4)13-8-6-7-12-5/h10,12H,6-9H2,1-5H3/t10-/m1/s1. The summed E-state index contributed by atoms with van der Waals surface area (Å²) in [6.45, 7) is 10.8. The molecular weight excluding hydrogens is 162 g/mol. The van der Waals surface area contributed by atoms with Gasteiger partial charge in [0.2, 0.25) is 0 Å². The molecule has 0 heterocycles. The molecule has 0 aliphatic rings. The summed E-state index contributed by atoms with van der Waals surface area (Å²) in [5.41, 5.74) is 0.377. The van der Waals surface area contributed by atoms with Crippen LogP contribution in [0.3, 0.4) is 0 Å². The fourth-order valence-corrected chi connectivity index (χ4v) is 1.45. The fraction of sp³-hybridized carbons (Fsp3) is 1.00. The zero-order valence-corrected chi connectivity index (χ0v) is 9.81. The highest BCUT2D eigenvalue weighted by Crippen LogP contribution is 2.21. The van der Waals surface area contributed by atoms with Crippen molar-refractivity contribution in [1.29, 1.82) is 0 Å². The second kappa shape index (κ2) is 6.39. The van der Waals surface area contributed by atoms with Gasteiger partial charge in [-0.3, -0.25) is 0 Å². The minimum absolute atomic E-state index is 0.377. The maximum Gasteiger partial charge on any atom is 0.0552 e. The minimum atomic E-state index is 0.377. The second-order valence-corrected chi connectivity index (χ2v) is 4.90. The maximum atomic E-state index is 5.68. The van der Waals surface area contributed by atoms with E-state index in [-0.39, 0.29) is 0 Å². The van der Waals surface area contributed by atoms with Crippen LogP contribution in [0.1, 0.15) is 40.5 Å². The van der Waals surface area contributed by atoms with Crippen LogP contribution in [0, 0.1) is 5.41 Å². The Balaban J connectivity index is 3.35. The summed E-state index contributed by atoms with van der Waals surface area (Å²) in [4.78, 5) is 0. The van der Waals surface area contributed by atoms with Crippen molar-refractivity contribution >= 4 is 0 Å². The molecule has 0 saturated heterocycles. The Hall–Kier alpha value is -0.0800. The number of hydrogen-bond acceptors (Lipinski definition) is 2. The Bertz CT molecular complexity index is 118. The molecule has 0 radical (unpaired) electrons. The van der Waals surface area contributed by atoms with Crippen LogP contribution >= 0.6 is 0 Å². The molecule has 0 aromatic rings.